The van der Waals surface area contributed by atoms with Crippen molar-refractivity contribution < 1.29 is 9.53 Å². The summed E-state index contributed by atoms with van der Waals surface area (Å²) in [7, 11) is 0. The molecule has 1 heterocycles. The third-order valence-electron chi connectivity index (χ3n) is 5.30. The van der Waals surface area contributed by atoms with E-state index in [1.807, 2.05) is 24.3 Å². The van der Waals surface area contributed by atoms with Crippen LogP contribution in [0.15, 0.2) is 36.4 Å². The number of nitrogens with two attached hydrogens (primary N) is 4. The van der Waals surface area contributed by atoms with E-state index < -0.39 is 11.9 Å². The van der Waals surface area contributed by atoms with Crippen molar-refractivity contribution in [2.45, 2.75) is 25.7 Å². The van der Waals surface area contributed by atoms with Crippen molar-refractivity contribution in [3.8, 4) is 5.75 Å². The largest absolute Gasteiger partial charge is 0.493 e. The molecule has 11 heteroatoms. The summed E-state index contributed by atoms with van der Waals surface area (Å²) in [6.45, 7) is 1.37. The SMILES string of the molecule is N=C(N)N(CCCCc1ccc(OCCCN)c2ccccc12)C(=O)c1nc(Cl)c(N)nc1N. The molecule has 1 aromatic heterocycles. The summed E-state index contributed by atoms with van der Waals surface area (Å²) in [6.07, 6.45) is 2.93. The van der Waals surface area contributed by atoms with E-state index in [1.54, 1.807) is 0 Å². The standard InChI is InChI=1S/C23H29ClN8O2/c24-19-21(27)31-20(26)18(30-19)22(33)32(23(28)29)12-4-3-6-14-9-10-17(34-13-5-11-25)16-8-2-1-7-15(14)16/h1-2,7-10H,3-6,11-13,25H2,(H3,28,29)(H4,26,27,31). The molecule has 3 rings (SSSR count). The lowest BCUT2D eigenvalue weighted by Gasteiger charge is -2.21. The van der Waals surface area contributed by atoms with Gasteiger partial charge in [0.05, 0.1) is 6.61 Å². The molecule has 0 aliphatic rings. The second-order valence-electron chi connectivity index (χ2n) is 7.69. The third-order valence-corrected chi connectivity index (χ3v) is 5.58. The van der Waals surface area contributed by atoms with Gasteiger partial charge < -0.3 is 27.7 Å². The van der Waals surface area contributed by atoms with Gasteiger partial charge in [0.15, 0.2) is 28.4 Å². The van der Waals surface area contributed by atoms with Gasteiger partial charge in [-0.1, -0.05) is 41.9 Å². The highest BCUT2D eigenvalue weighted by molar-refractivity contribution is 6.31. The number of nitrogens with zero attached hydrogens (tertiary/aromatic N) is 3. The number of anilines is 2. The monoisotopic (exact) mass is 484 g/mol. The van der Waals surface area contributed by atoms with Crippen molar-refractivity contribution in [3.05, 3.63) is 52.8 Å². The van der Waals surface area contributed by atoms with Gasteiger partial charge in [0.2, 0.25) is 0 Å². The minimum atomic E-state index is -0.649. The molecule has 34 heavy (non-hydrogen) atoms. The summed E-state index contributed by atoms with van der Waals surface area (Å²) in [6, 6.07) is 12.1. The number of unbranched alkanes of at least 4 members (excludes halogenated alkanes) is 1. The molecule has 2 aromatic carbocycles. The highest BCUT2D eigenvalue weighted by atomic mass is 35.5. The molecule has 0 unspecified atom stereocenters. The van der Waals surface area contributed by atoms with Gasteiger partial charge in [-0.25, -0.2) is 9.97 Å². The summed E-state index contributed by atoms with van der Waals surface area (Å²) in [4.78, 5) is 21.7. The van der Waals surface area contributed by atoms with Crippen molar-refractivity contribution in [2.75, 3.05) is 31.2 Å². The fourth-order valence-electron chi connectivity index (χ4n) is 3.59. The molecule has 1 amide bonds. The Kier molecular flexibility index (Phi) is 8.44. The Morgan fingerprint density at radius 3 is 2.47 bits per heavy atom. The Morgan fingerprint density at radius 2 is 1.76 bits per heavy atom. The van der Waals surface area contributed by atoms with E-state index in [-0.39, 0.29) is 29.0 Å². The number of carbonyl (C=O) groups excluding carboxylic acids is 1. The summed E-state index contributed by atoms with van der Waals surface area (Å²) >= 11 is 5.88. The summed E-state index contributed by atoms with van der Waals surface area (Å²) < 4.78 is 5.89. The molecule has 3 aromatic rings. The lowest BCUT2D eigenvalue weighted by atomic mass is 9.99. The fraction of sp³-hybridized carbons (Fsp3) is 0.304. The third kappa shape index (κ3) is 5.83. The van der Waals surface area contributed by atoms with Crippen molar-refractivity contribution in [3.63, 3.8) is 0 Å². The maximum atomic E-state index is 12.9. The Bertz CT molecular complexity index is 1190. The van der Waals surface area contributed by atoms with Gasteiger partial charge in [-0.15, -0.1) is 0 Å². The smallest absolute Gasteiger partial charge is 0.283 e. The molecule has 10 nitrogen and oxygen atoms in total. The first kappa shape index (κ1) is 25.0. The number of hydrogen-bond acceptors (Lipinski definition) is 8. The topological polar surface area (TPSA) is 183 Å². The first-order valence-corrected chi connectivity index (χ1v) is 11.3. The van der Waals surface area contributed by atoms with Crippen molar-refractivity contribution in [1.29, 1.82) is 5.41 Å². The number of fused-ring (bicyclic) bond motifs is 1. The van der Waals surface area contributed by atoms with Gasteiger partial charge >= 0.3 is 0 Å². The first-order valence-electron chi connectivity index (χ1n) is 10.9. The number of aromatic nitrogens is 2. The molecule has 0 aliphatic carbocycles. The fourth-order valence-corrected chi connectivity index (χ4v) is 3.71. The van der Waals surface area contributed by atoms with Crippen LogP contribution in [0.4, 0.5) is 11.6 Å². The van der Waals surface area contributed by atoms with E-state index in [9.17, 15) is 4.79 Å². The van der Waals surface area contributed by atoms with Crippen LogP contribution in [0.1, 0.15) is 35.3 Å². The molecule has 0 atom stereocenters. The van der Waals surface area contributed by atoms with Gasteiger partial charge in [0.25, 0.3) is 5.91 Å². The highest BCUT2D eigenvalue weighted by Gasteiger charge is 2.24. The minimum absolute atomic E-state index is 0.0758. The molecule has 180 valence electrons. The van der Waals surface area contributed by atoms with Crippen LogP contribution in [0.2, 0.25) is 5.15 Å². The van der Waals surface area contributed by atoms with Crippen LogP contribution in [0.25, 0.3) is 10.8 Å². The number of nitrogens with one attached hydrogen (secondary N) is 1. The molecular weight excluding hydrogens is 456 g/mol. The average molecular weight is 485 g/mol. The van der Waals surface area contributed by atoms with Gasteiger partial charge in [-0.05, 0) is 49.2 Å². The minimum Gasteiger partial charge on any atom is -0.493 e. The number of aryl methyl sites for hydroxylation is 1. The Labute approximate surface area is 202 Å². The lowest BCUT2D eigenvalue weighted by Crippen LogP contribution is -2.42. The van der Waals surface area contributed by atoms with E-state index in [1.165, 1.54) is 5.56 Å². The van der Waals surface area contributed by atoms with Crippen molar-refractivity contribution in [1.82, 2.24) is 14.9 Å². The number of halogens is 1. The van der Waals surface area contributed by atoms with E-state index in [0.29, 0.717) is 19.6 Å². The molecule has 0 saturated carbocycles. The Morgan fingerprint density at radius 1 is 1.03 bits per heavy atom. The summed E-state index contributed by atoms with van der Waals surface area (Å²) in [5, 5.41) is 9.84. The van der Waals surface area contributed by atoms with Crippen LogP contribution in [-0.2, 0) is 6.42 Å². The maximum Gasteiger partial charge on any atom is 0.283 e. The Balaban J connectivity index is 1.66. The molecular formula is C23H29ClN8O2. The summed E-state index contributed by atoms with van der Waals surface area (Å²) in [5.74, 6) is -0.471. The first-order chi connectivity index (χ1) is 16.3. The maximum absolute atomic E-state index is 12.9. The number of benzene rings is 2. The van der Waals surface area contributed by atoms with Crippen molar-refractivity contribution in [2.24, 2.45) is 11.5 Å². The van der Waals surface area contributed by atoms with Crippen LogP contribution in [0, 0.1) is 5.41 Å². The van der Waals surface area contributed by atoms with Crippen LogP contribution in [-0.4, -0.2) is 46.4 Å². The average Bonchev–Trinajstić information content (AvgIpc) is 2.81. The molecule has 0 bridgehead atoms. The van der Waals surface area contributed by atoms with Crippen molar-refractivity contribution >= 4 is 45.9 Å². The molecule has 0 radical (unpaired) electrons. The molecule has 0 saturated heterocycles. The second kappa shape index (κ2) is 11.5. The number of ether oxygens (including phenoxy) is 1. The van der Waals surface area contributed by atoms with Gasteiger partial charge in [-0.2, -0.15) is 0 Å². The van der Waals surface area contributed by atoms with Gasteiger partial charge in [0.1, 0.15) is 5.75 Å². The van der Waals surface area contributed by atoms with Crippen LogP contribution in [0.3, 0.4) is 0 Å². The number of amides is 1. The summed E-state index contributed by atoms with van der Waals surface area (Å²) in [5.41, 5.74) is 23.5. The predicted molar refractivity (Wildman–Crippen MR) is 135 cm³/mol. The molecule has 0 spiro atoms. The van der Waals surface area contributed by atoms with E-state index >= 15 is 0 Å². The van der Waals surface area contributed by atoms with Crippen LogP contribution in [0.5, 0.6) is 5.75 Å². The number of nitrogen functional groups attached to an aromatic ring is 2. The zero-order valence-corrected chi connectivity index (χ0v) is 19.5. The zero-order chi connectivity index (χ0) is 24.7. The van der Waals surface area contributed by atoms with Gasteiger partial charge in [0, 0.05) is 11.9 Å². The Hall–Kier alpha value is -3.63. The zero-order valence-electron chi connectivity index (χ0n) is 18.8. The van der Waals surface area contributed by atoms with E-state index in [2.05, 4.69) is 22.1 Å². The van der Waals surface area contributed by atoms with Crippen LogP contribution >= 0.6 is 11.6 Å². The second-order valence-corrected chi connectivity index (χ2v) is 8.05. The number of carbonyl (C=O) groups is 1. The number of guanidine groups is 1. The van der Waals surface area contributed by atoms with E-state index in [0.717, 1.165) is 40.7 Å². The number of hydrogen-bond donors (Lipinski definition) is 5. The van der Waals surface area contributed by atoms with Crippen LogP contribution < -0.4 is 27.7 Å². The van der Waals surface area contributed by atoms with E-state index in [4.69, 9.17) is 44.7 Å². The van der Waals surface area contributed by atoms with Gasteiger partial charge in [-0.3, -0.25) is 15.1 Å². The molecule has 0 fully saturated rings. The normalized spacial score (nSPS) is 10.9. The lowest BCUT2D eigenvalue weighted by molar-refractivity contribution is 0.0838. The highest BCUT2D eigenvalue weighted by Crippen LogP contribution is 2.29. The quantitative estimate of drug-likeness (QED) is 0.165. The molecule has 0 aliphatic heterocycles. The number of rotatable bonds is 10. The predicted octanol–water partition coefficient (Wildman–Crippen LogP) is 2.53. The molecule has 9 N–H and O–H groups in total.